The van der Waals surface area contributed by atoms with E-state index in [4.69, 9.17) is 0 Å². The van der Waals surface area contributed by atoms with Gasteiger partial charge in [-0.1, -0.05) is 33.6 Å². The van der Waals surface area contributed by atoms with Crippen molar-refractivity contribution in [2.45, 2.75) is 52.5 Å². The van der Waals surface area contributed by atoms with E-state index < -0.39 is 0 Å². The van der Waals surface area contributed by atoms with Crippen molar-refractivity contribution < 1.29 is 4.79 Å². The number of likely N-dealkylation sites (tertiary alicyclic amines) is 1. The highest BCUT2D eigenvalue weighted by Crippen LogP contribution is 2.33. The van der Waals surface area contributed by atoms with Crippen LogP contribution in [0.4, 0.5) is 0 Å². The number of amides is 1. The predicted octanol–water partition coefficient (Wildman–Crippen LogP) is 3.51. The molecule has 106 valence electrons. The molecule has 2 heterocycles. The van der Waals surface area contributed by atoms with Crippen molar-refractivity contribution in [3.8, 4) is 0 Å². The number of carbonyl (C=O) groups is 1. The van der Waals surface area contributed by atoms with Crippen molar-refractivity contribution in [3.63, 3.8) is 0 Å². The summed E-state index contributed by atoms with van der Waals surface area (Å²) in [6, 6.07) is 4.47. The maximum Gasteiger partial charge on any atom is 0.228 e. The minimum Gasteiger partial charge on any atom is -0.353 e. The van der Waals surface area contributed by atoms with Crippen molar-refractivity contribution in [1.82, 2.24) is 9.47 Å². The molecule has 0 spiro atoms. The van der Waals surface area contributed by atoms with Crippen LogP contribution in [0.1, 0.15) is 58.2 Å². The molecule has 1 aliphatic rings. The van der Waals surface area contributed by atoms with Gasteiger partial charge < -0.3 is 9.47 Å². The molecule has 0 radical (unpaired) electrons. The number of nitrogens with zero attached hydrogens (tertiary/aromatic N) is 2. The van der Waals surface area contributed by atoms with Crippen LogP contribution in [0.3, 0.4) is 0 Å². The maximum atomic E-state index is 12.7. The first kappa shape index (κ1) is 14.2. The summed E-state index contributed by atoms with van der Waals surface area (Å²) in [5, 5.41) is 0. The lowest BCUT2D eigenvalue weighted by Gasteiger charge is -2.35. The van der Waals surface area contributed by atoms with E-state index in [0.717, 1.165) is 19.4 Å². The van der Waals surface area contributed by atoms with Crippen LogP contribution in [0.25, 0.3) is 0 Å². The zero-order valence-corrected chi connectivity index (χ0v) is 12.6. The number of carbonyl (C=O) groups excluding carboxylic acids is 1. The topological polar surface area (TPSA) is 25.2 Å². The average molecular weight is 262 g/mol. The molecule has 2 rings (SSSR count). The van der Waals surface area contributed by atoms with Crippen LogP contribution in [0.2, 0.25) is 0 Å². The smallest absolute Gasteiger partial charge is 0.228 e. The third kappa shape index (κ3) is 3.02. The Morgan fingerprint density at radius 1 is 1.26 bits per heavy atom. The molecular weight excluding hydrogens is 236 g/mol. The average Bonchev–Trinajstić information content (AvgIpc) is 2.62. The molecule has 1 unspecified atom stereocenters. The summed E-state index contributed by atoms with van der Waals surface area (Å²) in [6.07, 6.45) is 6.72. The van der Waals surface area contributed by atoms with Gasteiger partial charge in [-0.05, 0) is 25.0 Å². The zero-order chi connectivity index (χ0) is 14.0. The standard InChI is InChI=1S/C16H26N2O/c1-16(2,3)15(19)18-12-7-5-6-9-14(18)13-10-8-11-17(13)4/h8,10-11,14H,5-7,9,12H2,1-4H3. The molecule has 0 saturated carbocycles. The molecule has 3 nitrogen and oxygen atoms in total. The molecule has 1 saturated heterocycles. The van der Waals surface area contributed by atoms with Crippen molar-refractivity contribution in [2.24, 2.45) is 12.5 Å². The molecule has 0 bridgehead atoms. The molecule has 0 aromatic carbocycles. The molecule has 1 aliphatic heterocycles. The third-order valence-electron chi connectivity index (χ3n) is 3.98. The summed E-state index contributed by atoms with van der Waals surface area (Å²) in [5.74, 6) is 0.278. The maximum absolute atomic E-state index is 12.7. The Hall–Kier alpha value is -1.25. The van der Waals surface area contributed by atoms with Gasteiger partial charge in [0, 0.05) is 30.9 Å². The Labute approximate surface area is 116 Å². The van der Waals surface area contributed by atoms with Gasteiger partial charge in [0.2, 0.25) is 5.91 Å². The molecule has 1 atom stereocenters. The molecule has 3 heteroatoms. The minimum atomic E-state index is -0.298. The lowest BCUT2D eigenvalue weighted by atomic mass is 9.93. The van der Waals surface area contributed by atoms with E-state index >= 15 is 0 Å². The van der Waals surface area contributed by atoms with Gasteiger partial charge >= 0.3 is 0 Å². The Morgan fingerprint density at radius 3 is 2.58 bits per heavy atom. The van der Waals surface area contributed by atoms with Crippen molar-refractivity contribution >= 4 is 5.91 Å². The highest BCUT2D eigenvalue weighted by molar-refractivity contribution is 5.82. The Balaban J connectivity index is 2.31. The largest absolute Gasteiger partial charge is 0.353 e. The molecule has 1 amide bonds. The fraction of sp³-hybridized carbons (Fsp3) is 0.688. The number of rotatable bonds is 1. The number of aromatic nitrogens is 1. The quantitative estimate of drug-likeness (QED) is 0.760. The number of hydrogen-bond donors (Lipinski definition) is 0. The number of aryl methyl sites for hydroxylation is 1. The van der Waals surface area contributed by atoms with Gasteiger partial charge in [0.1, 0.15) is 0 Å². The van der Waals surface area contributed by atoms with E-state index in [1.54, 1.807) is 0 Å². The molecular formula is C16H26N2O. The van der Waals surface area contributed by atoms with Gasteiger partial charge in [-0.3, -0.25) is 4.79 Å². The van der Waals surface area contributed by atoms with Gasteiger partial charge in [-0.15, -0.1) is 0 Å². The second-order valence-electron chi connectivity index (χ2n) is 6.66. The van der Waals surface area contributed by atoms with Crippen LogP contribution in [-0.2, 0) is 11.8 Å². The van der Waals surface area contributed by atoms with Gasteiger partial charge in [0.05, 0.1) is 6.04 Å². The summed E-state index contributed by atoms with van der Waals surface area (Å²) in [4.78, 5) is 14.8. The predicted molar refractivity (Wildman–Crippen MR) is 77.8 cm³/mol. The second-order valence-corrected chi connectivity index (χ2v) is 6.66. The first-order valence-corrected chi connectivity index (χ1v) is 7.33. The Morgan fingerprint density at radius 2 is 2.00 bits per heavy atom. The summed E-state index contributed by atoms with van der Waals surface area (Å²) in [5.41, 5.74) is 0.966. The van der Waals surface area contributed by atoms with E-state index in [0.29, 0.717) is 0 Å². The molecule has 0 aliphatic carbocycles. The zero-order valence-electron chi connectivity index (χ0n) is 12.6. The van der Waals surface area contributed by atoms with Crippen LogP contribution in [0.5, 0.6) is 0 Å². The van der Waals surface area contributed by atoms with E-state index in [2.05, 4.69) is 34.8 Å². The van der Waals surface area contributed by atoms with E-state index in [-0.39, 0.29) is 17.4 Å². The van der Waals surface area contributed by atoms with E-state index in [9.17, 15) is 4.79 Å². The molecule has 1 aromatic rings. The van der Waals surface area contributed by atoms with Crippen LogP contribution >= 0.6 is 0 Å². The Bertz CT molecular complexity index is 442. The molecule has 0 N–H and O–H groups in total. The first-order valence-electron chi connectivity index (χ1n) is 7.33. The normalized spacial score (nSPS) is 21.3. The lowest BCUT2D eigenvalue weighted by Crippen LogP contribution is -2.42. The van der Waals surface area contributed by atoms with Crippen molar-refractivity contribution in [2.75, 3.05) is 6.54 Å². The molecule has 1 aromatic heterocycles. The summed E-state index contributed by atoms with van der Waals surface area (Å²) >= 11 is 0. The third-order valence-corrected chi connectivity index (χ3v) is 3.98. The first-order chi connectivity index (χ1) is 8.91. The van der Waals surface area contributed by atoms with Crippen LogP contribution in [0.15, 0.2) is 18.3 Å². The summed E-state index contributed by atoms with van der Waals surface area (Å²) in [6.45, 7) is 6.94. The summed E-state index contributed by atoms with van der Waals surface area (Å²) < 4.78 is 2.15. The van der Waals surface area contributed by atoms with Gasteiger partial charge in [0.25, 0.3) is 0 Å². The van der Waals surface area contributed by atoms with Crippen LogP contribution in [-0.4, -0.2) is 21.9 Å². The van der Waals surface area contributed by atoms with E-state index in [1.807, 2.05) is 20.8 Å². The monoisotopic (exact) mass is 262 g/mol. The fourth-order valence-electron chi connectivity index (χ4n) is 2.91. The van der Waals surface area contributed by atoms with Gasteiger partial charge in [-0.2, -0.15) is 0 Å². The minimum absolute atomic E-state index is 0.245. The van der Waals surface area contributed by atoms with Crippen LogP contribution in [0, 0.1) is 5.41 Å². The van der Waals surface area contributed by atoms with Gasteiger partial charge in [-0.25, -0.2) is 0 Å². The molecule has 19 heavy (non-hydrogen) atoms. The summed E-state index contributed by atoms with van der Waals surface area (Å²) in [7, 11) is 2.07. The lowest BCUT2D eigenvalue weighted by molar-refractivity contribution is -0.142. The second kappa shape index (κ2) is 5.40. The van der Waals surface area contributed by atoms with Gasteiger partial charge in [0.15, 0.2) is 0 Å². The van der Waals surface area contributed by atoms with Crippen molar-refractivity contribution in [1.29, 1.82) is 0 Å². The van der Waals surface area contributed by atoms with Crippen LogP contribution < -0.4 is 0 Å². The SMILES string of the molecule is Cn1cccc1C1CCCCCN1C(=O)C(C)(C)C. The Kier molecular flexibility index (Phi) is 4.02. The fourth-order valence-corrected chi connectivity index (χ4v) is 2.91. The van der Waals surface area contributed by atoms with Crippen molar-refractivity contribution in [3.05, 3.63) is 24.0 Å². The molecule has 1 fully saturated rings. The highest BCUT2D eigenvalue weighted by Gasteiger charge is 2.34. The van der Waals surface area contributed by atoms with E-state index in [1.165, 1.54) is 18.5 Å². The highest BCUT2D eigenvalue weighted by atomic mass is 16.2. The number of hydrogen-bond acceptors (Lipinski definition) is 1.